The van der Waals surface area contributed by atoms with Crippen molar-refractivity contribution in [2.45, 2.75) is 39.9 Å². The Balaban J connectivity index is 1.52. The zero-order valence-corrected chi connectivity index (χ0v) is 15.2. The number of amides is 1. The molecular weight excluding hydrogens is 350 g/mol. The van der Waals surface area contributed by atoms with Gasteiger partial charge in [0.15, 0.2) is 5.69 Å². The van der Waals surface area contributed by atoms with Crippen molar-refractivity contribution in [3.8, 4) is 0 Å². The van der Waals surface area contributed by atoms with Gasteiger partial charge < -0.3 is 10.4 Å². The molecule has 1 amide bonds. The number of hydrogen-bond donors (Lipinski definition) is 2. The van der Waals surface area contributed by atoms with E-state index in [1.807, 2.05) is 24.7 Å². The molecule has 0 spiro atoms. The molecule has 0 bridgehead atoms. The van der Waals surface area contributed by atoms with Crippen LogP contribution in [0.25, 0.3) is 0 Å². The van der Waals surface area contributed by atoms with Crippen LogP contribution in [-0.2, 0) is 24.4 Å². The fourth-order valence-electron chi connectivity index (χ4n) is 2.69. The molecule has 0 aromatic carbocycles. The summed E-state index contributed by atoms with van der Waals surface area (Å²) in [5.74, 6) is -1.29. The van der Waals surface area contributed by atoms with Gasteiger partial charge in [-0.1, -0.05) is 0 Å². The summed E-state index contributed by atoms with van der Waals surface area (Å²) in [7, 11) is 0. The molecule has 27 heavy (non-hydrogen) atoms. The summed E-state index contributed by atoms with van der Waals surface area (Å²) in [4.78, 5) is 22.9. The van der Waals surface area contributed by atoms with E-state index < -0.39 is 5.97 Å². The Morgan fingerprint density at radius 1 is 1.22 bits per heavy atom. The van der Waals surface area contributed by atoms with Crippen LogP contribution in [0, 0.1) is 6.92 Å². The first-order valence-corrected chi connectivity index (χ1v) is 8.56. The first-order chi connectivity index (χ1) is 13.0. The van der Waals surface area contributed by atoms with Crippen LogP contribution in [0.2, 0.25) is 0 Å². The largest absolute Gasteiger partial charge is 0.476 e. The van der Waals surface area contributed by atoms with Crippen molar-refractivity contribution in [3.63, 3.8) is 0 Å². The Bertz CT molecular complexity index is 954. The Hall–Kier alpha value is -3.43. The van der Waals surface area contributed by atoms with Gasteiger partial charge in [-0.2, -0.15) is 15.3 Å². The highest BCUT2D eigenvalue weighted by Crippen LogP contribution is 2.12. The van der Waals surface area contributed by atoms with Gasteiger partial charge in [0.2, 0.25) is 5.91 Å². The quantitative estimate of drug-likeness (QED) is 0.617. The van der Waals surface area contributed by atoms with Gasteiger partial charge in [-0.3, -0.25) is 18.8 Å². The van der Waals surface area contributed by atoms with E-state index in [9.17, 15) is 9.59 Å². The van der Waals surface area contributed by atoms with Crippen LogP contribution >= 0.6 is 0 Å². The normalized spacial score (nSPS) is 10.9. The van der Waals surface area contributed by atoms with Crippen molar-refractivity contribution >= 4 is 17.6 Å². The topological polar surface area (TPSA) is 120 Å². The van der Waals surface area contributed by atoms with Crippen LogP contribution in [0.1, 0.15) is 35.1 Å². The Kier molecular flexibility index (Phi) is 5.34. The van der Waals surface area contributed by atoms with Gasteiger partial charge in [-0.05, 0) is 19.9 Å². The molecule has 10 heteroatoms. The number of carbonyl (C=O) groups excluding carboxylic acids is 1. The number of rotatable bonds is 8. The zero-order valence-electron chi connectivity index (χ0n) is 15.2. The number of anilines is 1. The molecule has 0 saturated heterocycles. The van der Waals surface area contributed by atoms with E-state index >= 15 is 0 Å². The van der Waals surface area contributed by atoms with E-state index in [-0.39, 0.29) is 18.0 Å². The predicted molar refractivity (Wildman–Crippen MR) is 96.4 cm³/mol. The molecule has 3 aromatic heterocycles. The third-order valence-corrected chi connectivity index (χ3v) is 4.18. The molecule has 0 radical (unpaired) electrons. The summed E-state index contributed by atoms with van der Waals surface area (Å²) >= 11 is 0. The van der Waals surface area contributed by atoms with Gasteiger partial charge >= 0.3 is 5.97 Å². The van der Waals surface area contributed by atoms with E-state index in [1.54, 1.807) is 17.1 Å². The van der Waals surface area contributed by atoms with Crippen LogP contribution in [0.15, 0.2) is 30.9 Å². The smallest absolute Gasteiger partial charge is 0.356 e. The maximum Gasteiger partial charge on any atom is 0.356 e. The summed E-state index contributed by atoms with van der Waals surface area (Å²) in [6, 6.07) is 1.40. The maximum atomic E-state index is 12.1. The molecule has 0 atom stereocenters. The lowest BCUT2D eigenvalue weighted by Gasteiger charge is -2.04. The number of aromatic carboxylic acids is 1. The number of nitrogens with zero attached hydrogens (tertiary/aromatic N) is 6. The number of nitrogens with one attached hydrogen (secondary N) is 1. The summed E-state index contributed by atoms with van der Waals surface area (Å²) in [5.41, 5.74) is 2.73. The maximum absolute atomic E-state index is 12.1. The summed E-state index contributed by atoms with van der Waals surface area (Å²) in [6.07, 6.45) is 6.89. The molecule has 2 N–H and O–H groups in total. The van der Waals surface area contributed by atoms with Gasteiger partial charge in [0, 0.05) is 43.2 Å². The Morgan fingerprint density at radius 3 is 2.70 bits per heavy atom. The molecule has 0 saturated carbocycles. The standard InChI is InChI=1S/C17H21N7O3/c1-3-24-12(2)13(8-19-24)10-23-11-14(9-18-23)20-16(25)5-7-22-6-4-15(21-22)17(26)27/h4,6,8-9,11H,3,5,7,10H2,1-2H3,(H,20,25)(H,26,27). The first-order valence-electron chi connectivity index (χ1n) is 8.56. The molecule has 0 aliphatic carbocycles. The second-order valence-electron chi connectivity index (χ2n) is 6.06. The summed E-state index contributed by atoms with van der Waals surface area (Å²) in [6.45, 7) is 5.74. The monoisotopic (exact) mass is 371 g/mol. The lowest BCUT2D eigenvalue weighted by molar-refractivity contribution is -0.116. The fourth-order valence-corrected chi connectivity index (χ4v) is 2.69. The average molecular weight is 371 g/mol. The van der Waals surface area contributed by atoms with Crippen molar-refractivity contribution in [1.29, 1.82) is 0 Å². The van der Waals surface area contributed by atoms with Gasteiger partial charge in [0.1, 0.15) is 0 Å². The molecule has 3 rings (SSSR count). The third kappa shape index (κ3) is 4.40. The summed E-state index contributed by atoms with van der Waals surface area (Å²) in [5, 5.41) is 24.1. The number of carboxylic acid groups (broad SMARTS) is 1. The molecule has 0 aliphatic rings. The van der Waals surface area contributed by atoms with Gasteiger partial charge in [-0.15, -0.1) is 0 Å². The average Bonchev–Trinajstić information content (AvgIpc) is 3.35. The number of carbonyl (C=O) groups is 2. The van der Waals surface area contributed by atoms with E-state index in [1.165, 1.54) is 16.9 Å². The molecule has 3 heterocycles. The SMILES string of the molecule is CCn1ncc(Cn2cc(NC(=O)CCn3ccc(C(=O)O)n3)cn2)c1C. The van der Waals surface area contributed by atoms with Crippen LogP contribution in [0.4, 0.5) is 5.69 Å². The Morgan fingerprint density at radius 2 is 2.04 bits per heavy atom. The number of carboxylic acids is 1. The van der Waals surface area contributed by atoms with Crippen molar-refractivity contribution < 1.29 is 14.7 Å². The van der Waals surface area contributed by atoms with Gasteiger partial charge in [0.25, 0.3) is 0 Å². The molecule has 142 valence electrons. The van der Waals surface area contributed by atoms with Crippen LogP contribution in [-0.4, -0.2) is 46.3 Å². The molecule has 10 nitrogen and oxygen atoms in total. The minimum absolute atomic E-state index is 0.0432. The fraction of sp³-hybridized carbons (Fsp3) is 0.353. The van der Waals surface area contributed by atoms with Crippen molar-refractivity contribution in [2.24, 2.45) is 0 Å². The second-order valence-corrected chi connectivity index (χ2v) is 6.06. The molecular formula is C17H21N7O3. The number of hydrogen-bond acceptors (Lipinski definition) is 5. The van der Waals surface area contributed by atoms with Crippen LogP contribution < -0.4 is 5.32 Å². The Labute approximate surface area is 155 Å². The van der Waals surface area contributed by atoms with Crippen molar-refractivity contribution in [3.05, 3.63) is 47.8 Å². The van der Waals surface area contributed by atoms with Crippen LogP contribution in [0.3, 0.4) is 0 Å². The number of aryl methyl sites for hydroxylation is 2. The summed E-state index contributed by atoms with van der Waals surface area (Å²) < 4.78 is 5.10. The molecule has 0 aliphatic heterocycles. The van der Waals surface area contributed by atoms with Gasteiger partial charge in [0.05, 0.1) is 24.6 Å². The van der Waals surface area contributed by atoms with E-state index in [0.29, 0.717) is 18.8 Å². The van der Waals surface area contributed by atoms with E-state index in [4.69, 9.17) is 5.11 Å². The highest BCUT2D eigenvalue weighted by atomic mass is 16.4. The zero-order chi connectivity index (χ0) is 19.4. The van der Waals surface area contributed by atoms with Gasteiger partial charge in [-0.25, -0.2) is 4.79 Å². The van der Waals surface area contributed by atoms with E-state index in [0.717, 1.165) is 17.8 Å². The van der Waals surface area contributed by atoms with Crippen LogP contribution in [0.5, 0.6) is 0 Å². The lowest BCUT2D eigenvalue weighted by Crippen LogP contribution is -2.14. The van der Waals surface area contributed by atoms with Crippen molar-refractivity contribution in [1.82, 2.24) is 29.3 Å². The second kappa shape index (κ2) is 7.85. The third-order valence-electron chi connectivity index (χ3n) is 4.18. The first kappa shape index (κ1) is 18.4. The lowest BCUT2D eigenvalue weighted by atomic mass is 10.2. The highest BCUT2D eigenvalue weighted by Gasteiger charge is 2.10. The molecule has 0 unspecified atom stereocenters. The molecule has 0 fully saturated rings. The minimum Gasteiger partial charge on any atom is -0.476 e. The predicted octanol–water partition coefficient (Wildman–Crippen LogP) is 1.38. The van der Waals surface area contributed by atoms with E-state index in [2.05, 4.69) is 20.6 Å². The molecule has 3 aromatic rings. The highest BCUT2D eigenvalue weighted by molar-refractivity contribution is 5.90. The minimum atomic E-state index is -1.09. The van der Waals surface area contributed by atoms with Crippen molar-refractivity contribution in [2.75, 3.05) is 5.32 Å². The number of aromatic nitrogens is 6.